The molecule has 0 unspecified atom stereocenters. The predicted molar refractivity (Wildman–Crippen MR) is 62.7 cm³/mol. The Bertz CT molecular complexity index is 435. The molecule has 1 aromatic heterocycles. The molecule has 0 saturated heterocycles. The minimum absolute atomic E-state index is 0.101. The number of H-pyrrole nitrogens is 1. The highest BCUT2D eigenvalue weighted by atomic mass is 14.9. The molecule has 78 valence electrons. The number of imidazole rings is 1. The predicted octanol–water partition coefficient (Wildman–Crippen LogP) is 3.37. The van der Waals surface area contributed by atoms with E-state index >= 15 is 0 Å². The van der Waals surface area contributed by atoms with E-state index in [0.29, 0.717) is 0 Å². The summed E-state index contributed by atoms with van der Waals surface area (Å²) in [6, 6.07) is 10.2. The van der Waals surface area contributed by atoms with Gasteiger partial charge in [-0.15, -0.1) is 0 Å². The highest BCUT2D eigenvalue weighted by molar-refractivity contribution is 5.54. The van der Waals surface area contributed by atoms with Gasteiger partial charge in [0.25, 0.3) is 0 Å². The van der Waals surface area contributed by atoms with Gasteiger partial charge in [0.15, 0.2) is 0 Å². The van der Waals surface area contributed by atoms with Crippen molar-refractivity contribution < 1.29 is 0 Å². The molecule has 0 amide bonds. The van der Waals surface area contributed by atoms with E-state index in [1.807, 2.05) is 24.4 Å². The summed E-state index contributed by atoms with van der Waals surface area (Å²) in [6.07, 6.45) is 1.99. The molecule has 1 heterocycles. The topological polar surface area (TPSA) is 28.7 Å². The van der Waals surface area contributed by atoms with Crippen molar-refractivity contribution in [3.05, 3.63) is 42.2 Å². The molecule has 15 heavy (non-hydrogen) atoms. The van der Waals surface area contributed by atoms with Crippen LogP contribution >= 0.6 is 0 Å². The number of nitrogens with zero attached hydrogens (tertiary/aromatic N) is 1. The molecule has 0 radical (unpaired) electrons. The highest BCUT2D eigenvalue weighted by Gasteiger charge is 2.17. The summed E-state index contributed by atoms with van der Waals surface area (Å²) in [6.45, 7) is 6.49. The zero-order chi connectivity index (χ0) is 10.9. The normalized spacial score (nSPS) is 11.7. The molecule has 2 rings (SSSR count). The van der Waals surface area contributed by atoms with Crippen LogP contribution in [0.2, 0.25) is 0 Å². The lowest BCUT2D eigenvalue weighted by Gasteiger charge is -2.13. The van der Waals surface area contributed by atoms with Crippen LogP contribution in [0.4, 0.5) is 0 Å². The van der Waals surface area contributed by atoms with Crippen molar-refractivity contribution in [2.75, 3.05) is 0 Å². The summed E-state index contributed by atoms with van der Waals surface area (Å²) in [5.74, 6) is 0.945. The van der Waals surface area contributed by atoms with Gasteiger partial charge in [-0.05, 0) is 0 Å². The second-order valence-corrected chi connectivity index (χ2v) is 4.75. The Morgan fingerprint density at radius 3 is 2.27 bits per heavy atom. The van der Waals surface area contributed by atoms with Gasteiger partial charge < -0.3 is 4.98 Å². The second kappa shape index (κ2) is 3.54. The molecule has 2 aromatic rings. The van der Waals surface area contributed by atoms with Crippen LogP contribution in [0.1, 0.15) is 26.5 Å². The van der Waals surface area contributed by atoms with Gasteiger partial charge in [-0.1, -0.05) is 51.1 Å². The fraction of sp³-hybridized carbons (Fsp3) is 0.308. The molecule has 2 nitrogen and oxygen atoms in total. The number of benzene rings is 1. The van der Waals surface area contributed by atoms with Crippen LogP contribution in [0.5, 0.6) is 0 Å². The van der Waals surface area contributed by atoms with Gasteiger partial charge in [0, 0.05) is 17.2 Å². The Kier molecular flexibility index (Phi) is 2.35. The van der Waals surface area contributed by atoms with Gasteiger partial charge in [0.2, 0.25) is 0 Å². The summed E-state index contributed by atoms with van der Waals surface area (Å²) in [4.78, 5) is 7.81. The third-order valence-corrected chi connectivity index (χ3v) is 2.39. The summed E-state index contributed by atoms with van der Waals surface area (Å²) in [5.41, 5.74) is 2.33. The van der Waals surface area contributed by atoms with Crippen LogP contribution < -0.4 is 0 Å². The van der Waals surface area contributed by atoms with E-state index in [4.69, 9.17) is 0 Å². The molecule has 0 aliphatic carbocycles. The van der Waals surface area contributed by atoms with Crippen LogP contribution in [-0.2, 0) is 5.41 Å². The Balaban J connectivity index is 2.37. The van der Waals surface area contributed by atoms with E-state index < -0.39 is 0 Å². The fourth-order valence-corrected chi connectivity index (χ4v) is 1.45. The smallest absolute Gasteiger partial charge is 0.137 e. The average molecular weight is 200 g/mol. The van der Waals surface area contributed by atoms with Crippen LogP contribution in [0.3, 0.4) is 0 Å². The Morgan fingerprint density at radius 2 is 1.73 bits per heavy atom. The molecule has 0 atom stereocenters. The second-order valence-electron chi connectivity index (χ2n) is 4.75. The third-order valence-electron chi connectivity index (χ3n) is 2.39. The first-order valence-electron chi connectivity index (χ1n) is 5.19. The van der Waals surface area contributed by atoms with Gasteiger partial charge in [0.1, 0.15) is 5.82 Å². The fourth-order valence-electron chi connectivity index (χ4n) is 1.45. The Hall–Kier alpha value is -1.57. The van der Waals surface area contributed by atoms with Gasteiger partial charge in [-0.25, -0.2) is 4.98 Å². The number of aromatic nitrogens is 2. The standard InChI is InChI=1S/C13H16N2/c1-13(2,3)11-9-14-12(15-11)10-7-5-4-6-8-10/h4-9H,1-3H3,(H,14,15). The van der Waals surface area contributed by atoms with Crippen molar-refractivity contribution in [2.45, 2.75) is 26.2 Å². The molecule has 0 spiro atoms. The summed E-state index contributed by atoms with van der Waals surface area (Å²) in [7, 11) is 0. The molecule has 0 saturated carbocycles. The molecule has 0 aliphatic rings. The first-order valence-corrected chi connectivity index (χ1v) is 5.19. The van der Waals surface area contributed by atoms with Crippen LogP contribution in [0.25, 0.3) is 11.4 Å². The first-order chi connectivity index (χ1) is 7.07. The van der Waals surface area contributed by atoms with E-state index in [1.54, 1.807) is 0 Å². The van der Waals surface area contributed by atoms with Gasteiger partial charge in [0.05, 0.1) is 5.69 Å². The summed E-state index contributed by atoms with van der Waals surface area (Å²) in [5, 5.41) is 0. The van der Waals surface area contributed by atoms with Crippen LogP contribution in [-0.4, -0.2) is 9.97 Å². The van der Waals surface area contributed by atoms with Gasteiger partial charge in [-0.3, -0.25) is 0 Å². The zero-order valence-corrected chi connectivity index (χ0v) is 9.41. The van der Waals surface area contributed by atoms with Crippen molar-refractivity contribution >= 4 is 0 Å². The largest absolute Gasteiger partial charge is 0.344 e. The van der Waals surface area contributed by atoms with Crippen LogP contribution in [0.15, 0.2) is 36.5 Å². The van der Waals surface area contributed by atoms with E-state index in [-0.39, 0.29) is 5.41 Å². The van der Waals surface area contributed by atoms with Crippen molar-refractivity contribution in [3.8, 4) is 11.4 Å². The average Bonchev–Trinajstić information content (AvgIpc) is 2.67. The van der Waals surface area contributed by atoms with Gasteiger partial charge in [-0.2, -0.15) is 0 Å². The molecule has 1 aromatic carbocycles. The number of hydrogen-bond acceptors (Lipinski definition) is 1. The van der Waals surface area contributed by atoms with Crippen molar-refractivity contribution in [1.82, 2.24) is 9.97 Å². The lowest BCUT2D eigenvalue weighted by atomic mass is 9.93. The SMILES string of the molecule is CC(C)(C)c1c[nH]c(-c2ccccc2)n1. The Labute approximate surface area is 90.4 Å². The van der Waals surface area contributed by atoms with Crippen LogP contribution in [0, 0.1) is 0 Å². The zero-order valence-electron chi connectivity index (χ0n) is 9.41. The van der Waals surface area contributed by atoms with Crippen molar-refractivity contribution in [1.29, 1.82) is 0 Å². The number of hydrogen-bond donors (Lipinski definition) is 1. The quantitative estimate of drug-likeness (QED) is 0.751. The van der Waals surface area contributed by atoms with E-state index in [0.717, 1.165) is 17.1 Å². The first kappa shape index (κ1) is 9.97. The molecule has 0 bridgehead atoms. The molecule has 1 N–H and O–H groups in total. The molecule has 0 fully saturated rings. The number of aromatic amines is 1. The van der Waals surface area contributed by atoms with E-state index in [2.05, 4.69) is 42.9 Å². The molecular formula is C13H16N2. The maximum atomic E-state index is 4.60. The maximum Gasteiger partial charge on any atom is 0.137 e. The van der Waals surface area contributed by atoms with Crippen molar-refractivity contribution in [3.63, 3.8) is 0 Å². The lowest BCUT2D eigenvalue weighted by Crippen LogP contribution is -2.11. The minimum atomic E-state index is 0.101. The number of nitrogens with one attached hydrogen (secondary N) is 1. The summed E-state index contributed by atoms with van der Waals surface area (Å²) >= 11 is 0. The molecule has 2 heteroatoms. The minimum Gasteiger partial charge on any atom is -0.344 e. The maximum absolute atomic E-state index is 4.60. The van der Waals surface area contributed by atoms with E-state index in [1.165, 1.54) is 0 Å². The van der Waals surface area contributed by atoms with E-state index in [9.17, 15) is 0 Å². The van der Waals surface area contributed by atoms with Gasteiger partial charge >= 0.3 is 0 Å². The Morgan fingerprint density at radius 1 is 1.07 bits per heavy atom. The highest BCUT2D eigenvalue weighted by Crippen LogP contribution is 2.23. The number of rotatable bonds is 1. The molecular weight excluding hydrogens is 184 g/mol. The monoisotopic (exact) mass is 200 g/mol. The van der Waals surface area contributed by atoms with Crippen molar-refractivity contribution in [2.24, 2.45) is 0 Å². The third kappa shape index (κ3) is 2.09. The molecule has 0 aliphatic heterocycles. The lowest BCUT2D eigenvalue weighted by molar-refractivity contribution is 0.573. The summed E-state index contributed by atoms with van der Waals surface area (Å²) < 4.78 is 0.